The Morgan fingerprint density at radius 1 is 0.947 bits per heavy atom. The van der Waals surface area contributed by atoms with Gasteiger partial charge < -0.3 is 5.32 Å². The van der Waals surface area contributed by atoms with Crippen molar-refractivity contribution in [3.63, 3.8) is 0 Å². The molecule has 0 fully saturated rings. The molecule has 1 N–H and O–H groups in total. The van der Waals surface area contributed by atoms with Crippen LogP contribution in [0.15, 0.2) is 30.3 Å². The highest BCUT2D eigenvalue weighted by molar-refractivity contribution is 5.39. The van der Waals surface area contributed by atoms with Crippen LogP contribution in [0, 0.1) is 27.7 Å². The molecule has 2 heteroatoms. The van der Waals surface area contributed by atoms with Crippen molar-refractivity contribution in [1.29, 1.82) is 0 Å². The predicted molar refractivity (Wildman–Crippen MR) is 80.5 cm³/mol. The van der Waals surface area contributed by atoms with E-state index < -0.39 is 0 Å². The van der Waals surface area contributed by atoms with Crippen LogP contribution >= 0.6 is 0 Å². The van der Waals surface area contributed by atoms with Crippen LogP contribution < -0.4 is 5.32 Å². The van der Waals surface area contributed by atoms with Crippen molar-refractivity contribution >= 4 is 0 Å². The van der Waals surface area contributed by atoms with Gasteiger partial charge in [0.05, 0.1) is 6.04 Å². The molecule has 0 saturated heterocycles. The zero-order chi connectivity index (χ0) is 14.0. The summed E-state index contributed by atoms with van der Waals surface area (Å²) in [5.41, 5.74) is 7.37. The van der Waals surface area contributed by atoms with E-state index >= 15 is 0 Å². The van der Waals surface area contributed by atoms with Crippen LogP contribution in [0.4, 0.5) is 0 Å². The minimum Gasteiger partial charge on any atom is -0.309 e. The third-order valence-electron chi connectivity index (χ3n) is 3.47. The summed E-state index contributed by atoms with van der Waals surface area (Å²) in [6, 6.07) is 11.2. The SMILES string of the molecule is CNC(c1cc(C)nc(C)c1)c1cc(C)ccc1C. The second-order valence-electron chi connectivity index (χ2n) is 5.26. The first-order valence-electron chi connectivity index (χ1n) is 6.71. The summed E-state index contributed by atoms with van der Waals surface area (Å²) >= 11 is 0. The van der Waals surface area contributed by atoms with Gasteiger partial charge in [0.2, 0.25) is 0 Å². The molecule has 0 bridgehead atoms. The lowest BCUT2D eigenvalue weighted by Crippen LogP contribution is -2.19. The van der Waals surface area contributed by atoms with E-state index in [1.165, 1.54) is 22.3 Å². The number of pyridine rings is 1. The topological polar surface area (TPSA) is 24.9 Å². The molecule has 2 aromatic rings. The second-order valence-corrected chi connectivity index (χ2v) is 5.26. The van der Waals surface area contributed by atoms with Crippen LogP contribution in [0.2, 0.25) is 0 Å². The van der Waals surface area contributed by atoms with Crippen molar-refractivity contribution < 1.29 is 0 Å². The van der Waals surface area contributed by atoms with Crippen molar-refractivity contribution in [2.24, 2.45) is 0 Å². The average molecular weight is 254 g/mol. The van der Waals surface area contributed by atoms with Gasteiger partial charge in [0.1, 0.15) is 0 Å². The first kappa shape index (κ1) is 13.8. The molecule has 0 saturated carbocycles. The van der Waals surface area contributed by atoms with Gasteiger partial charge in [-0.25, -0.2) is 0 Å². The van der Waals surface area contributed by atoms with Crippen molar-refractivity contribution in [3.8, 4) is 0 Å². The van der Waals surface area contributed by atoms with Gasteiger partial charge in [-0.1, -0.05) is 23.8 Å². The Morgan fingerprint density at radius 3 is 2.16 bits per heavy atom. The number of aromatic nitrogens is 1. The lowest BCUT2D eigenvalue weighted by atomic mass is 9.93. The average Bonchev–Trinajstić information content (AvgIpc) is 2.33. The number of nitrogens with zero attached hydrogens (tertiary/aromatic N) is 1. The van der Waals surface area contributed by atoms with E-state index in [9.17, 15) is 0 Å². The zero-order valence-corrected chi connectivity index (χ0v) is 12.4. The van der Waals surface area contributed by atoms with Gasteiger partial charge in [-0.2, -0.15) is 0 Å². The fourth-order valence-corrected chi connectivity index (χ4v) is 2.61. The van der Waals surface area contributed by atoms with Crippen molar-refractivity contribution in [1.82, 2.24) is 10.3 Å². The molecule has 0 aliphatic heterocycles. The number of benzene rings is 1. The maximum atomic E-state index is 4.46. The van der Waals surface area contributed by atoms with Crippen LogP contribution in [0.3, 0.4) is 0 Å². The molecule has 2 rings (SSSR count). The molecular formula is C17H22N2. The zero-order valence-electron chi connectivity index (χ0n) is 12.4. The Balaban J connectivity index is 2.52. The van der Waals surface area contributed by atoms with Crippen molar-refractivity contribution in [2.45, 2.75) is 33.7 Å². The standard InChI is InChI=1S/C17H22N2/c1-11-6-7-12(2)16(8-11)17(18-5)15-9-13(3)19-14(4)10-15/h6-10,17-18H,1-5H3. The molecule has 1 unspecified atom stereocenters. The highest BCUT2D eigenvalue weighted by atomic mass is 14.9. The Hall–Kier alpha value is -1.67. The van der Waals surface area contributed by atoms with E-state index in [-0.39, 0.29) is 6.04 Å². The number of hydrogen-bond acceptors (Lipinski definition) is 2. The summed E-state index contributed by atoms with van der Waals surface area (Å²) in [4.78, 5) is 4.46. The van der Waals surface area contributed by atoms with E-state index in [0.717, 1.165) is 11.4 Å². The monoisotopic (exact) mass is 254 g/mol. The Kier molecular flexibility index (Phi) is 4.01. The number of hydrogen-bond donors (Lipinski definition) is 1. The minimum absolute atomic E-state index is 0.222. The molecule has 100 valence electrons. The molecule has 1 aromatic carbocycles. The summed E-state index contributed by atoms with van der Waals surface area (Å²) in [5, 5.41) is 3.43. The van der Waals surface area contributed by atoms with Crippen LogP contribution in [-0.2, 0) is 0 Å². The second kappa shape index (κ2) is 5.54. The van der Waals surface area contributed by atoms with Gasteiger partial charge in [-0.3, -0.25) is 4.98 Å². The van der Waals surface area contributed by atoms with Gasteiger partial charge in [-0.05, 0) is 63.6 Å². The molecule has 2 nitrogen and oxygen atoms in total. The van der Waals surface area contributed by atoms with Crippen LogP contribution in [0.1, 0.15) is 39.7 Å². The highest BCUT2D eigenvalue weighted by Gasteiger charge is 2.15. The van der Waals surface area contributed by atoms with E-state index in [2.05, 4.69) is 54.5 Å². The quantitative estimate of drug-likeness (QED) is 0.905. The maximum absolute atomic E-state index is 4.46. The van der Waals surface area contributed by atoms with E-state index in [4.69, 9.17) is 0 Å². The fraction of sp³-hybridized carbons (Fsp3) is 0.353. The van der Waals surface area contributed by atoms with Crippen LogP contribution in [0.5, 0.6) is 0 Å². The van der Waals surface area contributed by atoms with Crippen LogP contribution in [0.25, 0.3) is 0 Å². The number of nitrogens with one attached hydrogen (secondary N) is 1. The Labute approximate surface area is 115 Å². The van der Waals surface area contributed by atoms with Gasteiger partial charge in [0.15, 0.2) is 0 Å². The van der Waals surface area contributed by atoms with Crippen LogP contribution in [-0.4, -0.2) is 12.0 Å². The van der Waals surface area contributed by atoms with Gasteiger partial charge in [0.25, 0.3) is 0 Å². The molecule has 1 atom stereocenters. The lowest BCUT2D eigenvalue weighted by Gasteiger charge is -2.21. The van der Waals surface area contributed by atoms with E-state index in [1.54, 1.807) is 0 Å². The maximum Gasteiger partial charge on any atom is 0.0578 e. The van der Waals surface area contributed by atoms with E-state index in [0.29, 0.717) is 0 Å². The first-order valence-corrected chi connectivity index (χ1v) is 6.71. The molecule has 0 radical (unpaired) electrons. The molecule has 0 spiro atoms. The molecule has 0 aliphatic carbocycles. The fourth-order valence-electron chi connectivity index (χ4n) is 2.61. The first-order chi connectivity index (χ1) is 9.01. The Morgan fingerprint density at radius 2 is 1.58 bits per heavy atom. The minimum atomic E-state index is 0.222. The summed E-state index contributed by atoms with van der Waals surface area (Å²) < 4.78 is 0. The lowest BCUT2D eigenvalue weighted by molar-refractivity contribution is 0.684. The molecule has 0 amide bonds. The third kappa shape index (κ3) is 3.02. The summed E-state index contributed by atoms with van der Waals surface area (Å²) in [6.07, 6.45) is 0. The summed E-state index contributed by atoms with van der Waals surface area (Å²) in [6.45, 7) is 8.40. The molecule has 19 heavy (non-hydrogen) atoms. The molecule has 0 aliphatic rings. The van der Waals surface area contributed by atoms with Gasteiger partial charge in [-0.15, -0.1) is 0 Å². The highest BCUT2D eigenvalue weighted by Crippen LogP contribution is 2.26. The van der Waals surface area contributed by atoms with E-state index in [1.807, 2.05) is 20.9 Å². The summed E-state index contributed by atoms with van der Waals surface area (Å²) in [5.74, 6) is 0. The van der Waals surface area contributed by atoms with Gasteiger partial charge >= 0.3 is 0 Å². The third-order valence-corrected chi connectivity index (χ3v) is 3.47. The normalized spacial score (nSPS) is 12.5. The summed E-state index contributed by atoms with van der Waals surface area (Å²) in [7, 11) is 2.01. The molecule has 1 heterocycles. The number of aryl methyl sites for hydroxylation is 4. The number of rotatable bonds is 3. The van der Waals surface area contributed by atoms with Crippen molar-refractivity contribution in [2.75, 3.05) is 7.05 Å². The predicted octanol–water partition coefficient (Wildman–Crippen LogP) is 3.62. The molecule has 1 aromatic heterocycles. The smallest absolute Gasteiger partial charge is 0.0578 e. The Bertz CT molecular complexity index is 568. The van der Waals surface area contributed by atoms with Gasteiger partial charge in [0, 0.05) is 11.4 Å². The largest absolute Gasteiger partial charge is 0.309 e. The molecular weight excluding hydrogens is 232 g/mol. The van der Waals surface area contributed by atoms with Crippen molar-refractivity contribution in [3.05, 3.63) is 64.0 Å².